The predicted molar refractivity (Wildman–Crippen MR) is 70.0 cm³/mol. The third-order valence-corrected chi connectivity index (χ3v) is 2.78. The van der Waals surface area contributed by atoms with E-state index in [-0.39, 0.29) is 12.3 Å². The van der Waals surface area contributed by atoms with Crippen LogP contribution in [0.25, 0.3) is 11.1 Å². The van der Waals surface area contributed by atoms with Crippen molar-refractivity contribution in [2.24, 2.45) is 5.73 Å². The van der Waals surface area contributed by atoms with Crippen LogP contribution in [0.1, 0.15) is 15.9 Å². The first-order valence-corrected chi connectivity index (χ1v) is 5.61. The molecule has 0 aliphatic heterocycles. The summed E-state index contributed by atoms with van der Waals surface area (Å²) >= 11 is 0. The molecule has 0 bridgehead atoms. The number of nitrogens with two attached hydrogens (primary N) is 1. The van der Waals surface area contributed by atoms with E-state index in [0.29, 0.717) is 5.56 Å². The SMILES string of the molecule is Cc1ccc(-c2ccc(C(=O)CN)cc2)cc1. The highest BCUT2D eigenvalue weighted by Crippen LogP contribution is 2.20. The Labute approximate surface area is 101 Å². The molecule has 17 heavy (non-hydrogen) atoms. The topological polar surface area (TPSA) is 43.1 Å². The molecule has 2 N–H and O–H groups in total. The van der Waals surface area contributed by atoms with Crippen molar-refractivity contribution >= 4 is 5.78 Å². The standard InChI is InChI=1S/C15H15NO/c1-11-2-4-12(5-3-11)13-6-8-14(9-7-13)15(17)10-16/h2-9H,10,16H2,1H3. The number of hydrogen-bond donors (Lipinski definition) is 1. The smallest absolute Gasteiger partial charge is 0.176 e. The molecular formula is C15H15NO. The summed E-state index contributed by atoms with van der Waals surface area (Å²) in [6.45, 7) is 2.12. The van der Waals surface area contributed by atoms with Crippen molar-refractivity contribution < 1.29 is 4.79 Å². The Balaban J connectivity index is 2.29. The Morgan fingerprint density at radius 2 is 1.41 bits per heavy atom. The van der Waals surface area contributed by atoms with Crippen molar-refractivity contribution in [2.75, 3.05) is 6.54 Å². The molecule has 0 heterocycles. The highest BCUT2D eigenvalue weighted by molar-refractivity contribution is 5.97. The molecule has 0 fully saturated rings. The van der Waals surface area contributed by atoms with E-state index < -0.39 is 0 Å². The highest BCUT2D eigenvalue weighted by Gasteiger charge is 2.03. The first-order valence-electron chi connectivity index (χ1n) is 5.61. The molecule has 0 atom stereocenters. The normalized spacial score (nSPS) is 10.2. The second-order valence-corrected chi connectivity index (χ2v) is 4.07. The quantitative estimate of drug-likeness (QED) is 0.816. The summed E-state index contributed by atoms with van der Waals surface area (Å²) in [7, 11) is 0. The Bertz CT molecular complexity index is 512. The minimum absolute atomic E-state index is 0.0274. The van der Waals surface area contributed by atoms with E-state index >= 15 is 0 Å². The van der Waals surface area contributed by atoms with Gasteiger partial charge in [0, 0.05) is 5.56 Å². The third-order valence-electron chi connectivity index (χ3n) is 2.78. The Kier molecular flexibility index (Phi) is 3.35. The highest BCUT2D eigenvalue weighted by atomic mass is 16.1. The van der Waals surface area contributed by atoms with Crippen molar-refractivity contribution in [1.82, 2.24) is 0 Å². The molecule has 86 valence electrons. The van der Waals surface area contributed by atoms with Gasteiger partial charge < -0.3 is 5.73 Å². The van der Waals surface area contributed by atoms with Crippen LogP contribution in [0.4, 0.5) is 0 Å². The first-order chi connectivity index (χ1) is 8.20. The summed E-state index contributed by atoms with van der Waals surface area (Å²) in [6.07, 6.45) is 0. The van der Waals surface area contributed by atoms with Crippen LogP contribution in [0.15, 0.2) is 48.5 Å². The van der Waals surface area contributed by atoms with Crippen molar-refractivity contribution in [3.8, 4) is 11.1 Å². The van der Waals surface area contributed by atoms with Gasteiger partial charge >= 0.3 is 0 Å². The average molecular weight is 225 g/mol. The van der Waals surface area contributed by atoms with Gasteiger partial charge in [0.15, 0.2) is 5.78 Å². The first kappa shape index (κ1) is 11.6. The lowest BCUT2D eigenvalue weighted by Gasteiger charge is -2.03. The van der Waals surface area contributed by atoms with Gasteiger partial charge in [0.2, 0.25) is 0 Å². The molecule has 0 aliphatic rings. The number of carbonyl (C=O) groups is 1. The van der Waals surface area contributed by atoms with Crippen LogP contribution in [0, 0.1) is 6.92 Å². The summed E-state index contributed by atoms with van der Waals surface area (Å²) in [4.78, 5) is 11.4. The minimum Gasteiger partial charge on any atom is -0.324 e. The zero-order valence-electron chi connectivity index (χ0n) is 9.81. The Morgan fingerprint density at radius 3 is 1.88 bits per heavy atom. The lowest BCUT2D eigenvalue weighted by molar-refractivity contribution is 0.100. The van der Waals surface area contributed by atoms with Gasteiger partial charge in [-0.25, -0.2) is 0 Å². The molecule has 0 radical (unpaired) electrons. The molecular weight excluding hydrogens is 210 g/mol. The number of rotatable bonds is 3. The Morgan fingerprint density at radius 1 is 0.941 bits per heavy atom. The van der Waals surface area contributed by atoms with Crippen molar-refractivity contribution in [2.45, 2.75) is 6.92 Å². The molecule has 2 rings (SSSR count). The van der Waals surface area contributed by atoms with Crippen LogP contribution < -0.4 is 5.73 Å². The van der Waals surface area contributed by atoms with Gasteiger partial charge in [-0.3, -0.25) is 4.79 Å². The zero-order chi connectivity index (χ0) is 12.3. The molecule has 0 spiro atoms. The van der Waals surface area contributed by atoms with E-state index in [1.165, 1.54) is 5.56 Å². The number of ketones is 1. The molecule has 0 amide bonds. The molecule has 0 unspecified atom stereocenters. The summed E-state index contributed by atoms with van der Waals surface area (Å²) in [6, 6.07) is 15.9. The maximum absolute atomic E-state index is 11.4. The van der Waals surface area contributed by atoms with E-state index in [0.717, 1.165) is 11.1 Å². The molecule has 0 saturated carbocycles. The molecule has 0 aromatic heterocycles. The number of Topliss-reactive ketones (excluding diaryl/α,β-unsaturated/α-hetero) is 1. The fraction of sp³-hybridized carbons (Fsp3) is 0.133. The fourth-order valence-electron chi connectivity index (χ4n) is 1.71. The number of benzene rings is 2. The summed E-state index contributed by atoms with van der Waals surface area (Å²) in [5.74, 6) is -0.0274. The third kappa shape index (κ3) is 2.60. The minimum atomic E-state index is -0.0274. The van der Waals surface area contributed by atoms with Gasteiger partial charge in [0.1, 0.15) is 0 Å². The van der Waals surface area contributed by atoms with E-state index in [1.54, 1.807) is 0 Å². The summed E-state index contributed by atoms with van der Waals surface area (Å²) < 4.78 is 0. The maximum atomic E-state index is 11.4. The zero-order valence-corrected chi connectivity index (χ0v) is 9.81. The Hall–Kier alpha value is -1.93. The number of hydrogen-bond acceptors (Lipinski definition) is 2. The van der Waals surface area contributed by atoms with Gasteiger partial charge in [-0.15, -0.1) is 0 Å². The second kappa shape index (κ2) is 4.93. The van der Waals surface area contributed by atoms with Gasteiger partial charge in [-0.2, -0.15) is 0 Å². The van der Waals surface area contributed by atoms with Crippen molar-refractivity contribution in [3.63, 3.8) is 0 Å². The molecule has 0 aliphatic carbocycles. The lowest BCUT2D eigenvalue weighted by atomic mass is 10.0. The molecule has 2 aromatic rings. The average Bonchev–Trinajstić information content (AvgIpc) is 2.39. The predicted octanol–water partition coefficient (Wildman–Crippen LogP) is 2.80. The van der Waals surface area contributed by atoms with Crippen LogP contribution in [0.3, 0.4) is 0 Å². The van der Waals surface area contributed by atoms with Crippen molar-refractivity contribution in [1.29, 1.82) is 0 Å². The summed E-state index contributed by atoms with van der Waals surface area (Å²) in [5, 5.41) is 0. The second-order valence-electron chi connectivity index (χ2n) is 4.07. The van der Waals surface area contributed by atoms with Crippen LogP contribution in [-0.2, 0) is 0 Å². The summed E-state index contributed by atoms with van der Waals surface area (Å²) in [5.41, 5.74) is 9.49. The van der Waals surface area contributed by atoms with Gasteiger partial charge in [-0.05, 0) is 18.1 Å². The molecule has 0 saturated heterocycles. The maximum Gasteiger partial charge on any atom is 0.176 e. The molecule has 2 heteroatoms. The number of carbonyl (C=O) groups excluding carboxylic acids is 1. The van der Waals surface area contributed by atoms with E-state index in [2.05, 4.69) is 31.2 Å². The van der Waals surface area contributed by atoms with E-state index in [1.807, 2.05) is 24.3 Å². The van der Waals surface area contributed by atoms with E-state index in [4.69, 9.17) is 5.73 Å². The van der Waals surface area contributed by atoms with Crippen LogP contribution >= 0.6 is 0 Å². The van der Waals surface area contributed by atoms with Gasteiger partial charge in [0.25, 0.3) is 0 Å². The van der Waals surface area contributed by atoms with Crippen LogP contribution in [-0.4, -0.2) is 12.3 Å². The van der Waals surface area contributed by atoms with E-state index in [9.17, 15) is 4.79 Å². The number of aryl methyl sites for hydroxylation is 1. The largest absolute Gasteiger partial charge is 0.324 e. The van der Waals surface area contributed by atoms with Crippen LogP contribution in [0.2, 0.25) is 0 Å². The molecule has 2 nitrogen and oxygen atoms in total. The lowest BCUT2D eigenvalue weighted by Crippen LogP contribution is -2.13. The van der Waals surface area contributed by atoms with Crippen molar-refractivity contribution in [3.05, 3.63) is 59.7 Å². The van der Waals surface area contributed by atoms with Crippen LogP contribution in [0.5, 0.6) is 0 Å². The van der Waals surface area contributed by atoms with Gasteiger partial charge in [0.05, 0.1) is 6.54 Å². The fourth-order valence-corrected chi connectivity index (χ4v) is 1.71. The van der Waals surface area contributed by atoms with Gasteiger partial charge in [-0.1, -0.05) is 54.1 Å². The monoisotopic (exact) mass is 225 g/mol. The molecule has 2 aromatic carbocycles.